The minimum atomic E-state index is -3.79. The molecule has 2 N–H and O–H groups in total. The number of carbonyl (C=O) groups excluding carboxylic acids is 1. The van der Waals surface area contributed by atoms with E-state index in [-0.39, 0.29) is 39.9 Å². The van der Waals surface area contributed by atoms with Gasteiger partial charge in [-0.2, -0.15) is 0 Å². The summed E-state index contributed by atoms with van der Waals surface area (Å²) in [7, 11) is -3.79. The van der Waals surface area contributed by atoms with Gasteiger partial charge in [0.2, 0.25) is 5.91 Å². The van der Waals surface area contributed by atoms with Gasteiger partial charge in [-0.25, -0.2) is 13.4 Å². The lowest BCUT2D eigenvalue weighted by molar-refractivity contribution is -0.143. The first-order chi connectivity index (χ1) is 17.0. The normalized spacial score (nSPS) is 31.0. The number of hydrogen-bond acceptors (Lipinski definition) is 6. The summed E-state index contributed by atoms with van der Waals surface area (Å²) in [6, 6.07) is 6.03. The summed E-state index contributed by atoms with van der Waals surface area (Å²) in [5.41, 5.74) is 0.729. The number of carbonyl (C=O) groups is 1. The van der Waals surface area contributed by atoms with E-state index in [1.54, 1.807) is 12.1 Å². The fourth-order valence-electron chi connectivity index (χ4n) is 6.79. The van der Waals surface area contributed by atoms with Crippen molar-refractivity contribution in [2.24, 2.45) is 23.2 Å². The molecule has 2 aliphatic carbocycles. The van der Waals surface area contributed by atoms with Crippen LogP contribution in [0.3, 0.4) is 0 Å². The molecule has 196 valence electrons. The third-order valence-electron chi connectivity index (χ3n) is 8.72. The smallest absolute Gasteiger partial charge is 0.263 e. The van der Waals surface area contributed by atoms with E-state index >= 15 is 0 Å². The second kappa shape index (κ2) is 9.57. The molecular weight excluding hydrogens is 518 g/mol. The summed E-state index contributed by atoms with van der Waals surface area (Å²) in [5.74, 6) is -0.219. The average Bonchev–Trinajstić information content (AvgIpc) is 3.48. The number of halogens is 1. The quantitative estimate of drug-likeness (QED) is 0.550. The highest BCUT2D eigenvalue weighted by Gasteiger charge is 2.54. The zero-order valence-electron chi connectivity index (χ0n) is 20.9. The van der Waals surface area contributed by atoms with Crippen LogP contribution in [0.15, 0.2) is 29.2 Å². The van der Waals surface area contributed by atoms with Crippen molar-refractivity contribution in [3.63, 3.8) is 0 Å². The Hall–Kier alpha value is -1.68. The van der Waals surface area contributed by atoms with E-state index in [0.717, 1.165) is 55.8 Å². The number of aliphatic hydroxyl groups excluding tert-OH is 1. The molecule has 1 amide bonds. The van der Waals surface area contributed by atoms with Gasteiger partial charge in [0.1, 0.15) is 0 Å². The maximum Gasteiger partial charge on any atom is 0.263 e. The average molecular weight is 552 g/mol. The van der Waals surface area contributed by atoms with Gasteiger partial charge < -0.3 is 10.0 Å². The molecule has 1 aromatic heterocycles. The van der Waals surface area contributed by atoms with Gasteiger partial charge in [-0.15, -0.1) is 11.3 Å². The van der Waals surface area contributed by atoms with Crippen molar-refractivity contribution >= 4 is 44.0 Å². The highest BCUT2D eigenvalue weighted by atomic mass is 35.5. The summed E-state index contributed by atoms with van der Waals surface area (Å²) in [6.07, 6.45) is 3.98. The van der Waals surface area contributed by atoms with E-state index in [9.17, 15) is 18.3 Å². The molecule has 1 saturated carbocycles. The maximum absolute atomic E-state index is 13.1. The van der Waals surface area contributed by atoms with Crippen molar-refractivity contribution in [3.05, 3.63) is 39.9 Å². The van der Waals surface area contributed by atoms with Gasteiger partial charge in [0, 0.05) is 34.8 Å². The number of benzene rings is 1. The molecule has 6 atom stereocenters. The molecule has 0 radical (unpaired) electrons. The first-order valence-electron chi connectivity index (χ1n) is 12.7. The van der Waals surface area contributed by atoms with E-state index in [2.05, 4.69) is 18.6 Å². The molecule has 2 heterocycles. The Morgan fingerprint density at radius 3 is 2.61 bits per heavy atom. The zero-order chi connectivity index (χ0) is 25.8. The van der Waals surface area contributed by atoms with Crippen LogP contribution in [0.25, 0.3) is 0 Å². The van der Waals surface area contributed by atoms with Gasteiger partial charge in [0.05, 0.1) is 16.7 Å². The first-order valence-corrected chi connectivity index (χ1v) is 15.4. The Morgan fingerprint density at radius 2 is 1.94 bits per heavy atom. The Morgan fingerprint density at radius 1 is 1.28 bits per heavy atom. The van der Waals surface area contributed by atoms with E-state index in [0.29, 0.717) is 10.2 Å². The summed E-state index contributed by atoms with van der Waals surface area (Å²) >= 11 is 7.28. The lowest BCUT2D eigenvalue weighted by atomic mass is 9.53. The number of aromatic nitrogens is 1. The fraction of sp³-hybridized carbons (Fsp3) is 0.615. The molecule has 36 heavy (non-hydrogen) atoms. The minimum absolute atomic E-state index is 0.0413. The van der Waals surface area contributed by atoms with Crippen molar-refractivity contribution in [1.82, 2.24) is 9.88 Å². The Labute approximate surface area is 222 Å². The molecule has 0 spiro atoms. The second-order valence-electron chi connectivity index (χ2n) is 11.0. The van der Waals surface area contributed by atoms with Gasteiger partial charge in [-0.1, -0.05) is 32.4 Å². The monoisotopic (exact) mass is 551 g/mol. The molecule has 1 saturated heterocycles. The van der Waals surface area contributed by atoms with Crippen LogP contribution in [0.5, 0.6) is 0 Å². The molecule has 10 heteroatoms. The lowest BCUT2D eigenvalue weighted by Crippen LogP contribution is -2.53. The number of anilines is 1. The van der Waals surface area contributed by atoms with Crippen LogP contribution in [-0.2, 0) is 21.2 Å². The summed E-state index contributed by atoms with van der Waals surface area (Å²) in [6.45, 7) is 7.92. The van der Waals surface area contributed by atoms with Crippen LogP contribution in [-0.4, -0.2) is 48.5 Å². The van der Waals surface area contributed by atoms with E-state index < -0.39 is 16.1 Å². The summed E-state index contributed by atoms with van der Waals surface area (Å²) < 4.78 is 28.4. The van der Waals surface area contributed by atoms with Crippen molar-refractivity contribution in [1.29, 1.82) is 0 Å². The number of nitrogens with one attached hydrogen (secondary N) is 1. The highest BCUT2D eigenvalue weighted by molar-refractivity contribution is 7.93. The van der Waals surface area contributed by atoms with Gasteiger partial charge >= 0.3 is 0 Å². The van der Waals surface area contributed by atoms with Crippen LogP contribution >= 0.6 is 22.9 Å². The number of hydrogen-bond donors (Lipinski definition) is 2. The molecule has 0 unspecified atom stereocenters. The number of rotatable bonds is 5. The van der Waals surface area contributed by atoms with E-state index in [4.69, 9.17) is 16.6 Å². The second-order valence-corrected chi connectivity index (χ2v) is 14.2. The number of aliphatic hydroxyl groups is 1. The van der Waals surface area contributed by atoms with Crippen molar-refractivity contribution in [2.45, 2.75) is 69.8 Å². The first kappa shape index (κ1) is 25.9. The number of sulfonamides is 1. The molecule has 7 nitrogen and oxygen atoms in total. The fourth-order valence-corrected chi connectivity index (χ4v) is 9.41. The topological polar surface area (TPSA) is 99.6 Å². The Bertz CT molecular complexity index is 1240. The molecule has 0 bridgehead atoms. The van der Waals surface area contributed by atoms with Gasteiger partial charge in [-0.05, 0) is 73.6 Å². The summed E-state index contributed by atoms with van der Waals surface area (Å²) in [5, 5.41) is 12.4. The Kier molecular flexibility index (Phi) is 6.89. The third kappa shape index (κ3) is 4.57. The molecule has 5 rings (SSSR count). The standard InChI is InChI=1S/C26H34ClN3O4S2/c1-15(24(32)30-12-4-5-13-30)19-10-11-26(3)14-20-22(16(2)21(26)23(19)31)28-25(35-20)29-36(33,34)18-8-6-17(27)7-9-18/h6-9,15-16,19,21,23,31H,4-5,10-14H2,1-3H3,(H,28,29)/t15-,16-,19+,21+,23-,26+/m0/s1. The summed E-state index contributed by atoms with van der Waals surface area (Å²) in [4.78, 5) is 21.0. The Balaban J connectivity index is 1.37. The molecule has 2 aromatic rings. The zero-order valence-corrected chi connectivity index (χ0v) is 23.3. The number of nitrogens with zero attached hydrogens (tertiary/aromatic N) is 2. The van der Waals surface area contributed by atoms with Crippen LogP contribution in [0.2, 0.25) is 5.02 Å². The lowest BCUT2D eigenvalue weighted by Gasteiger charge is -2.53. The van der Waals surface area contributed by atoms with Crippen molar-refractivity contribution in [3.8, 4) is 0 Å². The number of likely N-dealkylation sites (tertiary alicyclic amines) is 1. The predicted octanol–water partition coefficient (Wildman–Crippen LogP) is 4.91. The largest absolute Gasteiger partial charge is 0.392 e. The molecule has 2 fully saturated rings. The number of amides is 1. The van der Waals surface area contributed by atoms with Gasteiger partial charge in [0.25, 0.3) is 10.0 Å². The SMILES string of the molecule is C[C@H](C(=O)N1CCCC1)[C@H]1CC[C@]2(C)Cc3sc(NS(=O)(=O)c4ccc(Cl)cc4)nc3[C@@H](C)[C@@H]2[C@H]1O. The van der Waals surface area contributed by atoms with Gasteiger partial charge in [-0.3, -0.25) is 9.52 Å². The molecular formula is C26H34ClN3O4S2. The molecule has 1 aliphatic heterocycles. The van der Waals surface area contributed by atoms with Crippen LogP contribution < -0.4 is 4.72 Å². The van der Waals surface area contributed by atoms with Crippen LogP contribution in [0.4, 0.5) is 5.13 Å². The van der Waals surface area contributed by atoms with Crippen LogP contribution in [0.1, 0.15) is 62.9 Å². The van der Waals surface area contributed by atoms with E-state index in [1.807, 2.05) is 11.8 Å². The maximum atomic E-state index is 13.1. The van der Waals surface area contributed by atoms with Crippen molar-refractivity contribution < 1.29 is 18.3 Å². The highest BCUT2D eigenvalue weighted by Crippen LogP contribution is 2.57. The van der Waals surface area contributed by atoms with Crippen molar-refractivity contribution in [2.75, 3.05) is 17.8 Å². The minimum Gasteiger partial charge on any atom is -0.392 e. The third-order valence-corrected chi connectivity index (χ3v) is 11.4. The van der Waals surface area contributed by atoms with Crippen LogP contribution in [0, 0.1) is 23.2 Å². The molecule has 1 aromatic carbocycles. The predicted molar refractivity (Wildman–Crippen MR) is 142 cm³/mol. The van der Waals surface area contributed by atoms with Gasteiger partial charge in [0.15, 0.2) is 5.13 Å². The van der Waals surface area contributed by atoms with E-state index in [1.165, 1.54) is 23.5 Å². The number of fused-ring (bicyclic) bond motifs is 2. The molecule has 3 aliphatic rings. The number of thiazole rings is 1.